The van der Waals surface area contributed by atoms with Gasteiger partial charge in [0.25, 0.3) is 0 Å². The van der Waals surface area contributed by atoms with E-state index in [4.69, 9.17) is 0 Å². The van der Waals surface area contributed by atoms with Gasteiger partial charge >= 0.3 is 0 Å². The largest absolute Gasteiger partial charge is 0.238 e. The van der Waals surface area contributed by atoms with Crippen LogP contribution in [0.2, 0.25) is 0 Å². The van der Waals surface area contributed by atoms with Crippen molar-refractivity contribution in [2.75, 3.05) is 0 Å². The van der Waals surface area contributed by atoms with Crippen molar-refractivity contribution in [3.05, 3.63) is 36.2 Å². The van der Waals surface area contributed by atoms with Crippen LogP contribution in [0.25, 0.3) is 6.08 Å². The Bertz CT molecular complexity index is 300. The Labute approximate surface area is 101 Å². The number of aromatic nitrogens is 2. The van der Waals surface area contributed by atoms with Crippen molar-refractivity contribution in [3.63, 3.8) is 0 Å². The molecule has 1 heterocycles. The smallest absolute Gasteiger partial charge is 0.0697 e. The van der Waals surface area contributed by atoms with Gasteiger partial charge in [-0.25, -0.2) is 4.45 Å². The SMILES string of the molecule is C=C/C=C\c1c(CBr)cnn1PI. The molecule has 70 valence electrons. The van der Waals surface area contributed by atoms with Crippen molar-refractivity contribution in [1.82, 2.24) is 9.55 Å². The van der Waals surface area contributed by atoms with Crippen molar-refractivity contribution in [3.8, 4) is 0 Å². The van der Waals surface area contributed by atoms with E-state index in [2.05, 4.69) is 49.6 Å². The van der Waals surface area contributed by atoms with E-state index in [0.717, 1.165) is 11.0 Å². The molecule has 0 aliphatic heterocycles. The number of rotatable bonds is 4. The van der Waals surface area contributed by atoms with Crippen LogP contribution in [0.1, 0.15) is 11.3 Å². The van der Waals surface area contributed by atoms with Gasteiger partial charge in [-0.2, -0.15) is 5.10 Å². The molecule has 0 saturated heterocycles. The van der Waals surface area contributed by atoms with Crippen LogP contribution in [0.15, 0.2) is 24.9 Å². The Hall–Kier alpha value is 0.330. The number of halogens is 2. The van der Waals surface area contributed by atoms with Gasteiger partial charge in [0, 0.05) is 10.9 Å². The van der Waals surface area contributed by atoms with Crippen LogP contribution in [0, 0.1) is 0 Å². The summed E-state index contributed by atoms with van der Waals surface area (Å²) in [5.74, 6) is 0. The van der Waals surface area contributed by atoms with Crippen LogP contribution in [0.5, 0.6) is 0 Å². The molecule has 0 N–H and O–H groups in total. The Morgan fingerprint density at radius 3 is 3.08 bits per heavy atom. The lowest BCUT2D eigenvalue weighted by atomic mass is 10.2. The minimum Gasteiger partial charge on any atom is -0.238 e. The molecular formula is C8H9BrIN2P. The minimum absolute atomic E-state index is 0.633. The van der Waals surface area contributed by atoms with Crippen molar-refractivity contribution in [2.24, 2.45) is 0 Å². The zero-order chi connectivity index (χ0) is 9.68. The summed E-state index contributed by atoms with van der Waals surface area (Å²) in [6.07, 6.45) is 8.25. The second-order valence-corrected chi connectivity index (χ2v) is 4.88. The molecule has 0 spiro atoms. The third-order valence-electron chi connectivity index (χ3n) is 1.50. The average Bonchev–Trinajstić information content (AvgIpc) is 2.56. The fraction of sp³-hybridized carbons (Fsp3) is 0.125. The van der Waals surface area contributed by atoms with Crippen LogP contribution >= 0.6 is 44.3 Å². The van der Waals surface area contributed by atoms with E-state index in [1.807, 2.05) is 22.8 Å². The van der Waals surface area contributed by atoms with Gasteiger partial charge in [0.05, 0.1) is 18.3 Å². The summed E-state index contributed by atoms with van der Waals surface area (Å²) in [4.78, 5) is 0. The molecule has 0 radical (unpaired) electrons. The van der Waals surface area contributed by atoms with E-state index in [0.29, 0.717) is 6.37 Å². The first-order chi connectivity index (χ1) is 6.33. The van der Waals surface area contributed by atoms with Crippen molar-refractivity contribution in [2.45, 2.75) is 5.33 Å². The third-order valence-corrected chi connectivity index (χ3v) is 3.99. The highest BCUT2D eigenvalue weighted by atomic mass is 127. The molecule has 1 aromatic heterocycles. The molecule has 1 aromatic rings. The zero-order valence-electron chi connectivity index (χ0n) is 6.87. The highest BCUT2D eigenvalue weighted by molar-refractivity contribution is 14.2. The molecule has 0 aliphatic carbocycles. The van der Waals surface area contributed by atoms with Gasteiger partial charge in [0.1, 0.15) is 0 Å². The van der Waals surface area contributed by atoms with E-state index in [1.165, 1.54) is 5.56 Å². The number of hydrogen-bond acceptors (Lipinski definition) is 1. The fourth-order valence-corrected chi connectivity index (χ4v) is 2.89. The van der Waals surface area contributed by atoms with Gasteiger partial charge in [0.15, 0.2) is 0 Å². The van der Waals surface area contributed by atoms with Crippen LogP contribution in [0.4, 0.5) is 0 Å². The fourth-order valence-electron chi connectivity index (χ4n) is 0.899. The van der Waals surface area contributed by atoms with Crippen LogP contribution < -0.4 is 0 Å². The summed E-state index contributed by atoms with van der Waals surface area (Å²) < 4.78 is 1.98. The molecule has 0 amide bonds. The molecule has 0 bridgehead atoms. The Balaban J connectivity index is 3.04. The third kappa shape index (κ3) is 2.89. The van der Waals surface area contributed by atoms with Crippen LogP contribution in [0.3, 0.4) is 0 Å². The second kappa shape index (κ2) is 5.94. The van der Waals surface area contributed by atoms with E-state index < -0.39 is 0 Å². The average molecular weight is 371 g/mol. The maximum absolute atomic E-state index is 4.26. The monoisotopic (exact) mass is 370 g/mol. The summed E-state index contributed by atoms with van der Waals surface area (Å²) in [6, 6.07) is 0. The Morgan fingerprint density at radius 1 is 1.77 bits per heavy atom. The maximum atomic E-state index is 4.26. The molecule has 5 heteroatoms. The van der Waals surface area contributed by atoms with E-state index in [-0.39, 0.29) is 0 Å². The van der Waals surface area contributed by atoms with E-state index in [1.54, 1.807) is 6.08 Å². The van der Waals surface area contributed by atoms with Crippen molar-refractivity contribution < 1.29 is 0 Å². The van der Waals surface area contributed by atoms with Crippen LogP contribution in [-0.4, -0.2) is 9.55 Å². The minimum atomic E-state index is 0.633. The molecular weight excluding hydrogens is 362 g/mol. The predicted octanol–water partition coefficient (Wildman–Crippen LogP) is 3.77. The van der Waals surface area contributed by atoms with Gasteiger partial charge < -0.3 is 0 Å². The molecule has 1 atom stereocenters. The standard InChI is InChI=1S/C8H9BrIN2P/c1-2-3-4-8-7(5-9)6-11-12(8)13-10/h2-4,6,13H,1,5H2/b4-3-. The van der Waals surface area contributed by atoms with Gasteiger partial charge in [-0.3, -0.25) is 0 Å². The molecule has 1 rings (SSSR count). The molecule has 1 unspecified atom stereocenters. The summed E-state index contributed by atoms with van der Waals surface area (Å²) in [7, 11) is 0. The predicted molar refractivity (Wildman–Crippen MR) is 71.8 cm³/mol. The Kier molecular flexibility index (Phi) is 5.21. The first-order valence-electron chi connectivity index (χ1n) is 3.62. The van der Waals surface area contributed by atoms with Gasteiger partial charge in [-0.1, -0.05) is 34.7 Å². The van der Waals surface area contributed by atoms with Crippen molar-refractivity contribution in [1.29, 1.82) is 0 Å². The first kappa shape index (κ1) is 11.4. The molecule has 0 aliphatic rings. The highest BCUT2D eigenvalue weighted by Crippen LogP contribution is 2.28. The van der Waals surface area contributed by atoms with Crippen LogP contribution in [-0.2, 0) is 5.33 Å². The summed E-state index contributed by atoms with van der Waals surface area (Å²) in [6.45, 7) is 3.64. The maximum Gasteiger partial charge on any atom is 0.0697 e. The zero-order valence-corrected chi connectivity index (χ0v) is 11.6. The molecule has 0 fully saturated rings. The molecule has 13 heavy (non-hydrogen) atoms. The highest BCUT2D eigenvalue weighted by Gasteiger charge is 2.04. The van der Waals surface area contributed by atoms with Gasteiger partial charge in [-0.05, 0) is 28.1 Å². The van der Waals surface area contributed by atoms with Gasteiger partial charge in [-0.15, -0.1) is 0 Å². The summed E-state index contributed by atoms with van der Waals surface area (Å²) in [5, 5.41) is 5.10. The number of alkyl halides is 1. The summed E-state index contributed by atoms with van der Waals surface area (Å²) >= 11 is 5.74. The molecule has 0 saturated carbocycles. The lowest BCUT2D eigenvalue weighted by Crippen LogP contribution is -1.87. The van der Waals surface area contributed by atoms with E-state index in [9.17, 15) is 0 Å². The lowest BCUT2D eigenvalue weighted by Gasteiger charge is -1.99. The first-order valence-corrected chi connectivity index (χ1v) is 8.80. The normalized spacial score (nSPS) is 11.8. The Morgan fingerprint density at radius 2 is 2.54 bits per heavy atom. The molecule has 0 aromatic carbocycles. The van der Waals surface area contributed by atoms with Gasteiger partial charge in [0.2, 0.25) is 0 Å². The second-order valence-electron chi connectivity index (χ2n) is 2.28. The molecule has 2 nitrogen and oxygen atoms in total. The number of hydrogen-bond donors (Lipinski definition) is 0. The van der Waals surface area contributed by atoms with Crippen molar-refractivity contribution >= 4 is 50.4 Å². The lowest BCUT2D eigenvalue weighted by molar-refractivity contribution is 0.999. The number of allylic oxidation sites excluding steroid dienone is 2. The topological polar surface area (TPSA) is 17.8 Å². The number of nitrogens with zero attached hydrogens (tertiary/aromatic N) is 2. The van der Waals surface area contributed by atoms with E-state index >= 15 is 0 Å². The summed E-state index contributed by atoms with van der Waals surface area (Å²) in [5.41, 5.74) is 2.37. The quantitative estimate of drug-likeness (QED) is 0.341.